The molecule has 10 nitrogen and oxygen atoms in total. The van der Waals surface area contributed by atoms with Crippen molar-refractivity contribution in [3.8, 4) is 0 Å². The van der Waals surface area contributed by atoms with Crippen molar-refractivity contribution < 1.29 is 39.0 Å². The van der Waals surface area contributed by atoms with Crippen LogP contribution in [-0.4, -0.2) is 67.7 Å². The molecule has 0 radical (unpaired) electrons. The van der Waals surface area contributed by atoms with Gasteiger partial charge in [0.15, 0.2) is 0 Å². The first-order chi connectivity index (χ1) is 19.0. The Bertz CT molecular complexity index is 1830. The van der Waals surface area contributed by atoms with E-state index < -0.39 is 47.7 Å². The molecule has 0 bridgehead atoms. The monoisotopic (exact) mass is 534 g/mol. The quantitative estimate of drug-likeness (QED) is 0.200. The van der Waals surface area contributed by atoms with Crippen LogP contribution in [-0.2, 0) is 9.59 Å². The van der Waals surface area contributed by atoms with E-state index in [1.165, 1.54) is 13.8 Å². The van der Waals surface area contributed by atoms with E-state index >= 15 is 0 Å². The van der Waals surface area contributed by atoms with Crippen molar-refractivity contribution in [3.05, 3.63) is 70.8 Å². The van der Waals surface area contributed by atoms with Crippen LogP contribution in [0.4, 0.5) is 0 Å². The molecule has 4 amide bonds. The molecule has 2 atom stereocenters. The Morgan fingerprint density at radius 1 is 0.500 bits per heavy atom. The smallest absolute Gasteiger partial charge is 0.326 e. The number of hydrogen-bond donors (Lipinski definition) is 2. The van der Waals surface area contributed by atoms with Crippen molar-refractivity contribution in [2.24, 2.45) is 0 Å². The fourth-order valence-electron chi connectivity index (χ4n) is 6.23. The van der Waals surface area contributed by atoms with E-state index in [4.69, 9.17) is 0 Å². The number of carboxylic acids is 2. The van der Waals surface area contributed by atoms with Crippen LogP contribution in [0.15, 0.2) is 48.5 Å². The maximum absolute atomic E-state index is 13.4. The van der Waals surface area contributed by atoms with Crippen LogP contribution in [0.5, 0.6) is 0 Å². The van der Waals surface area contributed by atoms with Crippen LogP contribution in [0.25, 0.3) is 43.1 Å². The van der Waals surface area contributed by atoms with Crippen LogP contribution in [0.3, 0.4) is 0 Å². The van der Waals surface area contributed by atoms with Gasteiger partial charge in [-0.05, 0) is 70.4 Å². The third-order valence-electron chi connectivity index (χ3n) is 8.19. The first-order valence-corrected chi connectivity index (χ1v) is 12.5. The number of hydrogen-bond acceptors (Lipinski definition) is 6. The zero-order valence-corrected chi connectivity index (χ0v) is 21.0. The fourth-order valence-corrected chi connectivity index (χ4v) is 6.23. The molecule has 0 saturated heterocycles. The molecule has 2 heterocycles. The number of carbonyl (C=O) groups excluding carboxylic acids is 4. The van der Waals surface area contributed by atoms with Gasteiger partial charge in [0.2, 0.25) is 0 Å². The maximum Gasteiger partial charge on any atom is 0.326 e. The van der Waals surface area contributed by atoms with Crippen LogP contribution < -0.4 is 0 Å². The summed E-state index contributed by atoms with van der Waals surface area (Å²) in [6.45, 7) is 2.56. The van der Waals surface area contributed by atoms with Gasteiger partial charge in [-0.1, -0.05) is 24.3 Å². The molecule has 10 heteroatoms. The summed E-state index contributed by atoms with van der Waals surface area (Å²) in [6.07, 6.45) is 0. The summed E-state index contributed by atoms with van der Waals surface area (Å²) in [7, 11) is 0. The lowest BCUT2D eigenvalue weighted by Crippen LogP contribution is -2.49. The second-order valence-electron chi connectivity index (χ2n) is 10.1. The van der Waals surface area contributed by atoms with Gasteiger partial charge in [0.05, 0.1) is 0 Å². The van der Waals surface area contributed by atoms with Crippen LogP contribution in [0.2, 0.25) is 0 Å². The second-order valence-corrected chi connectivity index (χ2v) is 10.1. The van der Waals surface area contributed by atoms with Crippen molar-refractivity contribution in [1.29, 1.82) is 0 Å². The molecule has 0 unspecified atom stereocenters. The molecule has 0 aliphatic carbocycles. The van der Waals surface area contributed by atoms with Gasteiger partial charge >= 0.3 is 11.9 Å². The largest absolute Gasteiger partial charge is 0.480 e. The number of benzene rings is 5. The molecule has 7 rings (SSSR count). The van der Waals surface area contributed by atoms with Crippen molar-refractivity contribution in [1.82, 2.24) is 9.80 Å². The first kappa shape index (κ1) is 23.7. The summed E-state index contributed by atoms with van der Waals surface area (Å²) in [6, 6.07) is 10.4. The van der Waals surface area contributed by atoms with E-state index in [1.54, 1.807) is 48.5 Å². The Morgan fingerprint density at radius 2 is 0.750 bits per heavy atom. The summed E-state index contributed by atoms with van der Waals surface area (Å²) in [5, 5.41) is 23.9. The highest BCUT2D eigenvalue weighted by Gasteiger charge is 2.41. The summed E-state index contributed by atoms with van der Waals surface area (Å²) in [4.78, 5) is 78.3. The van der Waals surface area contributed by atoms with Crippen molar-refractivity contribution in [3.63, 3.8) is 0 Å². The predicted octanol–water partition coefficient (Wildman–Crippen LogP) is 3.88. The molecule has 0 aromatic heterocycles. The molecule has 0 fully saturated rings. The fraction of sp³-hybridized carbons (Fsp3) is 0.133. The highest BCUT2D eigenvalue weighted by molar-refractivity contribution is 6.41. The minimum absolute atomic E-state index is 0.209. The lowest BCUT2D eigenvalue weighted by Gasteiger charge is -2.32. The van der Waals surface area contributed by atoms with Gasteiger partial charge in [0.1, 0.15) is 12.1 Å². The molecule has 2 aliphatic heterocycles. The van der Waals surface area contributed by atoms with Crippen LogP contribution in [0.1, 0.15) is 55.3 Å². The maximum atomic E-state index is 13.4. The topological polar surface area (TPSA) is 149 Å². The van der Waals surface area contributed by atoms with E-state index in [0.29, 0.717) is 43.1 Å². The number of imide groups is 2. The summed E-state index contributed by atoms with van der Waals surface area (Å²) >= 11 is 0. The molecule has 2 aliphatic rings. The van der Waals surface area contributed by atoms with Gasteiger partial charge < -0.3 is 10.2 Å². The van der Waals surface area contributed by atoms with E-state index in [9.17, 15) is 39.0 Å². The summed E-state index contributed by atoms with van der Waals surface area (Å²) in [5.74, 6) is -5.39. The van der Waals surface area contributed by atoms with Gasteiger partial charge in [-0.3, -0.25) is 29.0 Å². The highest BCUT2D eigenvalue weighted by Crippen LogP contribution is 2.46. The van der Waals surface area contributed by atoms with Gasteiger partial charge in [0.25, 0.3) is 23.6 Å². The Kier molecular flexibility index (Phi) is 4.50. The molecule has 40 heavy (non-hydrogen) atoms. The van der Waals surface area contributed by atoms with Gasteiger partial charge in [0, 0.05) is 33.0 Å². The third kappa shape index (κ3) is 2.67. The lowest BCUT2D eigenvalue weighted by molar-refractivity contribution is -0.141. The van der Waals surface area contributed by atoms with Crippen molar-refractivity contribution in [2.75, 3.05) is 0 Å². The van der Waals surface area contributed by atoms with Crippen molar-refractivity contribution in [2.45, 2.75) is 25.9 Å². The molecule has 2 N–H and O–H groups in total. The van der Waals surface area contributed by atoms with Crippen LogP contribution in [0, 0.1) is 0 Å². The van der Waals surface area contributed by atoms with E-state index in [2.05, 4.69) is 0 Å². The Balaban J connectivity index is 1.57. The summed E-state index contributed by atoms with van der Waals surface area (Å²) < 4.78 is 0. The van der Waals surface area contributed by atoms with E-state index in [1.807, 2.05) is 0 Å². The Morgan fingerprint density at radius 3 is 0.975 bits per heavy atom. The number of carboxylic acid groups (broad SMARTS) is 2. The Hall–Kier alpha value is -5.38. The van der Waals surface area contributed by atoms with Gasteiger partial charge in [-0.2, -0.15) is 0 Å². The number of carbonyl (C=O) groups is 6. The molecule has 196 valence electrons. The number of amides is 4. The van der Waals surface area contributed by atoms with Gasteiger partial charge in [-0.15, -0.1) is 0 Å². The minimum Gasteiger partial charge on any atom is -0.480 e. The predicted molar refractivity (Wildman–Crippen MR) is 143 cm³/mol. The highest BCUT2D eigenvalue weighted by atomic mass is 16.4. The molecule has 0 saturated carbocycles. The second kappa shape index (κ2) is 7.60. The first-order valence-electron chi connectivity index (χ1n) is 12.5. The molecular formula is C30H18N2O8. The Labute approximate surface area is 224 Å². The van der Waals surface area contributed by atoms with Crippen LogP contribution >= 0.6 is 0 Å². The lowest BCUT2D eigenvalue weighted by atomic mass is 9.82. The molecule has 0 spiro atoms. The minimum atomic E-state index is -1.36. The SMILES string of the molecule is C[C@@H](C(=O)O)N1C(=O)c2ccc3c4ccc5c6c(ccc(c7ccc(c2c37)C1=O)c64)C(=O)N([C@@H](C)C(=O)O)C5=O. The standard InChI is InChI=1S/C30H18N2O8/c1-11(29(37)38)31-25(33)17-7-3-13-15-5-9-19-24-20(28(36)32(27(19)35)12(2)30(39)40)10-6-16(22(15)24)14-4-8-18(26(31)34)23(17)21(13)14/h3-12H,1-2H3,(H,37,38)(H,39,40)/t11-,12-/m0/s1. The summed E-state index contributed by atoms with van der Waals surface area (Å²) in [5.41, 5.74) is 0.837. The molecule has 5 aromatic carbocycles. The zero-order valence-electron chi connectivity index (χ0n) is 21.0. The number of aliphatic carboxylic acids is 2. The van der Waals surface area contributed by atoms with E-state index in [0.717, 1.165) is 9.80 Å². The average molecular weight is 534 g/mol. The zero-order chi connectivity index (χ0) is 28.4. The van der Waals surface area contributed by atoms with E-state index in [-0.39, 0.29) is 22.3 Å². The number of rotatable bonds is 4. The average Bonchev–Trinajstić information content (AvgIpc) is 2.93. The number of nitrogens with zero attached hydrogens (tertiary/aromatic N) is 2. The third-order valence-corrected chi connectivity index (χ3v) is 8.19. The van der Waals surface area contributed by atoms with Gasteiger partial charge in [-0.25, -0.2) is 9.59 Å². The molecule has 5 aromatic rings. The normalized spacial score (nSPS) is 16.6. The molecular weight excluding hydrogens is 516 g/mol. The number of fused-ring (bicyclic) bond motifs is 2. The van der Waals surface area contributed by atoms with Crippen molar-refractivity contribution >= 4 is 78.7 Å².